The molecule has 1 aliphatic rings. The summed E-state index contributed by atoms with van der Waals surface area (Å²) in [4.78, 5) is 20.5. The van der Waals surface area contributed by atoms with E-state index in [4.69, 9.17) is 0 Å². The number of allylic oxidation sites excluding steroid dienone is 1. The summed E-state index contributed by atoms with van der Waals surface area (Å²) in [5, 5.41) is 15.8. The molecular weight excluding hydrogens is 162 g/mol. The molecule has 1 saturated heterocycles. The van der Waals surface area contributed by atoms with Gasteiger partial charge in [0.2, 0.25) is 5.78 Å². The van der Waals surface area contributed by atoms with Crippen molar-refractivity contribution in [1.29, 1.82) is 0 Å². The van der Waals surface area contributed by atoms with Crippen molar-refractivity contribution in [3.8, 4) is 0 Å². The Bertz CT molecular complexity index is 235. The molecule has 0 radical (unpaired) electrons. The van der Waals surface area contributed by atoms with E-state index in [2.05, 4.69) is 10.6 Å². The molecule has 0 spiro atoms. The van der Waals surface area contributed by atoms with Crippen LogP contribution in [0.1, 0.15) is 6.92 Å². The summed E-state index contributed by atoms with van der Waals surface area (Å²) in [7, 11) is 0. The standard InChI is InChI=1S/C6H9N3O3/c1-4(10)5(9(11)12)6-7-2-3-8-6/h7-8H,2-3H2,1H3. The molecular formula is C6H9N3O3. The van der Waals surface area contributed by atoms with Gasteiger partial charge in [0.15, 0.2) is 5.82 Å². The zero-order valence-electron chi connectivity index (χ0n) is 6.59. The van der Waals surface area contributed by atoms with Gasteiger partial charge < -0.3 is 10.6 Å². The Morgan fingerprint density at radius 3 is 2.33 bits per heavy atom. The number of hydrogen-bond acceptors (Lipinski definition) is 5. The maximum absolute atomic E-state index is 10.8. The zero-order chi connectivity index (χ0) is 9.14. The van der Waals surface area contributed by atoms with Crippen molar-refractivity contribution >= 4 is 5.78 Å². The van der Waals surface area contributed by atoms with Crippen LogP contribution in [0.25, 0.3) is 0 Å². The summed E-state index contributed by atoms with van der Waals surface area (Å²) >= 11 is 0. The molecule has 1 aliphatic heterocycles. The fourth-order valence-corrected chi connectivity index (χ4v) is 1.00. The number of nitro groups is 1. The Morgan fingerprint density at radius 1 is 1.50 bits per heavy atom. The largest absolute Gasteiger partial charge is 0.364 e. The van der Waals surface area contributed by atoms with Gasteiger partial charge in [0, 0.05) is 20.0 Å². The van der Waals surface area contributed by atoms with Gasteiger partial charge in [0.1, 0.15) is 0 Å². The number of rotatable bonds is 2. The number of ketones is 1. The van der Waals surface area contributed by atoms with E-state index in [1.807, 2.05) is 0 Å². The Labute approximate surface area is 68.8 Å². The predicted octanol–water partition coefficient (Wildman–Crippen LogP) is -0.786. The average molecular weight is 171 g/mol. The van der Waals surface area contributed by atoms with Gasteiger partial charge in [-0.3, -0.25) is 14.9 Å². The van der Waals surface area contributed by atoms with Gasteiger partial charge in [-0.05, 0) is 0 Å². The molecule has 12 heavy (non-hydrogen) atoms. The topological polar surface area (TPSA) is 84.3 Å². The Hall–Kier alpha value is -1.59. The first kappa shape index (κ1) is 8.51. The monoisotopic (exact) mass is 171 g/mol. The van der Waals surface area contributed by atoms with Crippen LogP contribution >= 0.6 is 0 Å². The molecule has 0 bridgehead atoms. The smallest absolute Gasteiger partial charge is 0.351 e. The van der Waals surface area contributed by atoms with Crippen LogP contribution < -0.4 is 10.6 Å². The molecule has 0 amide bonds. The molecule has 2 N–H and O–H groups in total. The summed E-state index contributed by atoms with van der Waals surface area (Å²) in [6.45, 7) is 2.40. The Balaban J connectivity index is 2.97. The van der Waals surface area contributed by atoms with E-state index >= 15 is 0 Å². The van der Waals surface area contributed by atoms with E-state index in [9.17, 15) is 14.9 Å². The fourth-order valence-electron chi connectivity index (χ4n) is 1.00. The second-order valence-corrected chi connectivity index (χ2v) is 2.39. The number of Topliss-reactive ketones (excluding diaryl/α,β-unsaturated/α-hetero) is 1. The van der Waals surface area contributed by atoms with E-state index in [0.29, 0.717) is 13.1 Å². The number of carbonyl (C=O) groups excluding carboxylic acids is 1. The van der Waals surface area contributed by atoms with E-state index in [1.54, 1.807) is 0 Å². The number of nitrogens with one attached hydrogen (secondary N) is 2. The first-order valence-corrected chi connectivity index (χ1v) is 3.50. The normalized spacial score (nSPS) is 14.9. The second-order valence-electron chi connectivity index (χ2n) is 2.39. The molecule has 6 nitrogen and oxygen atoms in total. The van der Waals surface area contributed by atoms with Gasteiger partial charge in [-0.1, -0.05) is 0 Å². The van der Waals surface area contributed by atoms with Crippen LogP contribution in [-0.2, 0) is 4.79 Å². The second kappa shape index (κ2) is 3.21. The van der Waals surface area contributed by atoms with Crippen LogP contribution in [0.3, 0.4) is 0 Å². The first-order valence-electron chi connectivity index (χ1n) is 3.50. The lowest BCUT2D eigenvalue weighted by Gasteiger charge is -1.99. The van der Waals surface area contributed by atoms with Crippen molar-refractivity contribution in [2.24, 2.45) is 0 Å². The SMILES string of the molecule is CC(=O)C(=C1NCCN1)[N+](=O)[O-]. The highest BCUT2D eigenvalue weighted by Gasteiger charge is 2.25. The summed E-state index contributed by atoms with van der Waals surface area (Å²) < 4.78 is 0. The van der Waals surface area contributed by atoms with Crippen molar-refractivity contribution < 1.29 is 9.72 Å². The zero-order valence-corrected chi connectivity index (χ0v) is 6.59. The molecule has 6 heteroatoms. The van der Waals surface area contributed by atoms with Gasteiger partial charge in [0.05, 0.1) is 4.92 Å². The van der Waals surface area contributed by atoms with Crippen LogP contribution in [0.4, 0.5) is 0 Å². The van der Waals surface area contributed by atoms with Gasteiger partial charge in [-0.2, -0.15) is 0 Å². The maximum atomic E-state index is 10.8. The summed E-state index contributed by atoms with van der Waals surface area (Å²) in [6.07, 6.45) is 0. The van der Waals surface area contributed by atoms with Crippen LogP contribution in [0.2, 0.25) is 0 Å². The predicted molar refractivity (Wildman–Crippen MR) is 40.7 cm³/mol. The molecule has 1 fully saturated rings. The molecule has 0 unspecified atom stereocenters. The van der Waals surface area contributed by atoms with Crippen LogP contribution in [0, 0.1) is 10.1 Å². The number of nitrogens with zero attached hydrogens (tertiary/aromatic N) is 1. The molecule has 0 aromatic rings. The van der Waals surface area contributed by atoms with Crippen molar-refractivity contribution in [3.05, 3.63) is 21.6 Å². The van der Waals surface area contributed by atoms with Crippen molar-refractivity contribution in [1.82, 2.24) is 10.6 Å². The lowest BCUT2D eigenvalue weighted by Crippen LogP contribution is -2.21. The Kier molecular flexibility index (Phi) is 2.27. The highest BCUT2D eigenvalue weighted by atomic mass is 16.6. The third kappa shape index (κ3) is 1.52. The highest BCUT2D eigenvalue weighted by Crippen LogP contribution is 2.03. The van der Waals surface area contributed by atoms with E-state index in [1.165, 1.54) is 6.92 Å². The maximum Gasteiger partial charge on any atom is 0.351 e. The minimum atomic E-state index is -0.678. The molecule has 66 valence electrons. The Morgan fingerprint density at radius 2 is 2.00 bits per heavy atom. The van der Waals surface area contributed by atoms with E-state index in [-0.39, 0.29) is 5.82 Å². The number of hydrogen-bond donors (Lipinski definition) is 2. The number of carbonyl (C=O) groups is 1. The van der Waals surface area contributed by atoms with Crippen LogP contribution in [0.15, 0.2) is 11.5 Å². The summed E-state index contributed by atoms with van der Waals surface area (Å²) in [6, 6.07) is 0. The quantitative estimate of drug-likeness (QED) is 0.323. The van der Waals surface area contributed by atoms with Gasteiger partial charge in [0.25, 0.3) is 0 Å². The molecule has 0 aliphatic carbocycles. The van der Waals surface area contributed by atoms with E-state index in [0.717, 1.165) is 0 Å². The summed E-state index contributed by atoms with van der Waals surface area (Å²) in [5.74, 6) is -0.315. The highest BCUT2D eigenvalue weighted by molar-refractivity contribution is 5.91. The van der Waals surface area contributed by atoms with Gasteiger partial charge >= 0.3 is 5.70 Å². The minimum absolute atomic E-state index is 0.229. The minimum Gasteiger partial charge on any atom is -0.364 e. The molecule has 0 aromatic heterocycles. The molecule has 0 saturated carbocycles. The molecule has 0 aromatic carbocycles. The van der Waals surface area contributed by atoms with E-state index < -0.39 is 16.4 Å². The summed E-state index contributed by atoms with van der Waals surface area (Å²) in [5.41, 5.74) is -0.396. The van der Waals surface area contributed by atoms with Gasteiger partial charge in [-0.25, -0.2) is 0 Å². The molecule has 1 heterocycles. The lowest BCUT2D eigenvalue weighted by atomic mass is 10.3. The van der Waals surface area contributed by atoms with Crippen LogP contribution in [0.5, 0.6) is 0 Å². The van der Waals surface area contributed by atoms with Crippen molar-refractivity contribution in [2.45, 2.75) is 6.92 Å². The third-order valence-electron chi connectivity index (χ3n) is 1.48. The average Bonchev–Trinajstić information content (AvgIpc) is 2.37. The molecule has 1 rings (SSSR count). The molecule has 0 atom stereocenters. The van der Waals surface area contributed by atoms with Crippen LogP contribution in [-0.4, -0.2) is 23.8 Å². The van der Waals surface area contributed by atoms with Gasteiger partial charge in [-0.15, -0.1) is 0 Å². The first-order chi connectivity index (χ1) is 5.63. The lowest BCUT2D eigenvalue weighted by molar-refractivity contribution is -0.420. The fraction of sp³-hybridized carbons (Fsp3) is 0.500. The third-order valence-corrected chi connectivity index (χ3v) is 1.48. The van der Waals surface area contributed by atoms with Crippen molar-refractivity contribution in [2.75, 3.05) is 13.1 Å². The van der Waals surface area contributed by atoms with Crippen molar-refractivity contribution in [3.63, 3.8) is 0 Å².